The van der Waals surface area contributed by atoms with Crippen molar-refractivity contribution in [1.82, 2.24) is 4.90 Å². The molecule has 0 spiro atoms. The van der Waals surface area contributed by atoms with Crippen LogP contribution in [0.3, 0.4) is 0 Å². The Morgan fingerprint density at radius 2 is 1.69 bits per heavy atom. The van der Waals surface area contributed by atoms with Gasteiger partial charge in [0.05, 0.1) is 11.5 Å². The number of carbonyl (C=O) groups excluding carboxylic acids is 2. The molecule has 1 aromatic carbocycles. The topological polar surface area (TPSA) is 90.0 Å². The quantitative estimate of drug-likeness (QED) is 0.625. The van der Waals surface area contributed by atoms with Crippen LogP contribution >= 0.6 is 0 Å². The zero-order chi connectivity index (χ0) is 21.0. The van der Waals surface area contributed by atoms with Gasteiger partial charge in [0, 0.05) is 12.1 Å². The van der Waals surface area contributed by atoms with Crippen LogP contribution in [0.5, 0.6) is 5.75 Å². The number of para-hydroxylation sites is 1. The molecule has 1 aliphatic carbocycles. The molecule has 1 atom stereocenters. The minimum Gasteiger partial charge on any atom is -0.481 e. The van der Waals surface area contributed by atoms with Gasteiger partial charge in [0.15, 0.2) is 23.1 Å². The fourth-order valence-corrected chi connectivity index (χ4v) is 6.01. The lowest BCUT2D eigenvalue weighted by atomic mass is 10.1. The van der Waals surface area contributed by atoms with Crippen molar-refractivity contribution >= 4 is 21.7 Å². The summed E-state index contributed by atoms with van der Waals surface area (Å²) in [6.07, 6.45) is 4.24. The fraction of sp³-hybridized carbons (Fsp3) is 0.619. The maximum absolute atomic E-state index is 12.8. The van der Waals surface area contributed by atoms with Crippen molar-refractivity contribution in [3.05, 3.63) is 29.3 Å². The number of nitrogens with zero attached hydrogens (tertiary/aromatic N) is 1. The first-order chi connectivity index (χ1) is 13.8. The Hall–Kier alpha value is -2.09. The molecule has 0 N–H and O–H groups in total. The van der Waals surface area contributed by atoms with Crippen molar-refractivity contribution in [3.63, 3.8) is 0 Å². The Morgan fingerprint density at radius 1 is 1.03 bits per heavy atom. The Balaban J connectivity index is 1.56. The largest absolute Gasteiger partial charge is 0.481 e. The maximum atomic E-state index is 12.8. The predicted molar refractivity (Wildman–Crippen MR) is 109 cm³/mol. The summed E-state index contributed by atoms with van der Waals surface area (Å²) in [7, 11) is -3.10. The number of hydrogen-bond donors (Lipinski definition) is 0. The van der Waals surface area contributed by atoms with Crippen LogP contribution in [0.4, 0.5) is 0 Å². The first-order valence-corrected chi connectivity index (χ1v) is 12.0. The van der Waals surface area contributed by atoms with E-state index in [0.29, 0.717) is 12.2 Å². The van der Waals surface area contributed by atoms with Crippen LogP contribution in [0.2, 0.25) is 0 Å². The number of esters is 1. The highest BCUT2D eigenvalue weighted by atomic mass is 32.2. The summed E-state index contributed by atoms with van der Waals surface area (Å²) in [5.41, 5.74) is 1.84. The monoisotopic (exact) mass is 423 g/mol. The SMILES string of the molecule is Cc1cccc(C)c1OCC(=O)OCC(=O)N(C1CCCC1)C1CCS(=O)(=O)C1. The lowest BCUT2D eigenvalue weighted by Gasteiger charge is -2.33. The highest BCUT2D eigenvalue weighted by Gasteiger charge is 2.39. The zero-order valence-corrected chi connectivity index (χ0v) is 17.9. The van der Waals surface area contributed by atoms with Crippen LogP contribution in [0, 0.1) is 13.8 Å². The van der Waals surface area contributed by atoms with Crippen molar-refractivity contribution in [2.24, 2.45) is 0 Å². The highest BCUT2D eigenvalue weighted by molar-refractivity contribution is 7.91. The third-order valence-corrected chi connectivity index (χ3v) is 7.46. The van der Waals surface area contributed by atoms with Gasteiger partial charge in [-0.25, -0.2) is 13.2 Å². The second-order valence-electron chi connectivity index (χ2n) is 7.97. The van der Waals surface area contributed by atoms with E-state index in [1.165, 1.54) is 0 Å². The molecule has 2 aliphatic rings. The summed E-state index contributed by atoms with van der Waals surface area (Å²) in [5, 5.41) is 0. The molecule has 3 rings (SSSR count). The van der Waals surface area contributed by atoms with Gasteiger partial charge >= 0.3 is 5.97 Å². The number of rotatable bonds is 7. The van der Waals surface area contributed by atoms with E-state index in [-0.39, 0.29) is 42.7 Å². The van der Waals surface area contributed by atoms with Gasteiger partial charge in [0.2, 0.25) is 0 Å². The molecule has 8 heteroatoms. The predicted octanol–water partition coefficient (Wildman–Crippen LogP) is 2.18. The molecule has 160 valence electrons. The van der Waals surface area contributed by atoms with Gasteiger partial charge in [-0.15, -0.1) is 0 Å². The van der Waals surface area contributed by atoms with E-state index in [0.717, 1.165) is 36.8 Å². The summed E-state index contributed by atoms with van der Waals surface area (Å²) in [6, 6.07) is 5.42. The second-order valence-corrected chi connectivity index (χ2v) is 10.2. The molecule has 1 unspecified atom stereocenters. The number of ether oxygens (including phenoxy) is 2. The van der Waals surface area contributed by atoms with E-state index < -0.39 is 15.8 Å². The smallest absolute Gasteiger partial charge is 0.344 e. The average molecular weight is 424 g/mol. The van der Waals surface area contributed by atoms with Gasteiger partial charge in [0.1, 0.15) is 5.75 Å². The van der Waals surface area contributed by atoms with Crippen molar-refractivity contribution in [3.8, 4) is 5.75 Å². The van der Waals surface area contributed by atoms with Gasteiger partial charge in [-0.1, -0.05) is 31.0 Å². The minimum absolute atomic E-state index is 0.00113. The number of benzene rings is 1. The molecule has 1 aromatic rings. The molecular weight excluding hydrogens is 394 g/mol. The maximum Gasteiger partial charge on any atom is 0.344 e. The van der Waals surface area contributed by atoms with Gasteiger partial charge in [-0.2, -0.15) is 0 Å². The van der Waals surface area contributed by atoms with Crippen molar-refractivity contribution in [2.75, 3.05) is 24.7 Å². The lowest BCUT2D eigenvalue weighted by Crippen LogP contribution is -2.48. The van der Waals surface area contributed by atoms with E-state index in [1.54, 1.807) is 4.90 Å². The van der Waals surface area contributed by atoms with Crippen LogP contribution in [0.25, 0.3) is 0 Å². The van der Waals surface area contributed by atoms with Crippen LogP contribution < -0.4 is 4.74 Å². The summed E-state index contributed by atoms with van der Waals surface area (Å²) in [6.45, 7) is 3.13. The molecule has 1 saturated heterocycles. The molecule has 1 amide bonds. The average Bonchev–Trinajstić information content (AvgIpc) is 3.30. The number of carbonyl (C=O) groups is 2. The third-order valence-electron chi connectivity index (χ3n) is 5.71. The van der Waals surface area contributed by atoms with E-state index in [9.17, 15) is 18.0 Å². The van der Waals surface area contributed by atoms with Crippen molar-refractivity contribution in [2.45, 2.75) is 58.0 Å². The summed E-state index contributed by atoms with van der Waals surface area (Å²) >= 11 is 0. The molecule has 2 fully saturated rings. The summed E-state index contributed by atoms with van der Waals surface area (Å²) in [5.74, 6) is -0.193. The molecule has 1 aliphatic heterocycles. The standard InChI is InChI=1S/C21H29NO6S/c1-15-6-5-7-16(2)21(15)28-13-20(24)27-12-19(23)22(17-8-3-4-9-17)18-10-11-29(25,26)14-18/h5-7,17-18H,3-4,8-14H2,1-2H3. The lowest BCUT2D eigenvalue weighted by molar-refractivity contribution is -0.155. The van der Waals surface area contributed by atoms with Crippen LogP contribution in [-0.4, -0.2) is 62.0 Å². The number of aryl methyl sites for hydroxylation is 2. The fourth-order valence-electron chi connectivity index (χ4n) is 4.30. The normalized spacial score (nSPS) is 21.1. The first-order valence-electron chi connectivity index (χ1n) is 10.1. The van der Waals surface area contributed by atoms with Gasteiger partial charge in [-0.05, 0) is 44.2 Å². The van der Waals surface area contributed by atoms with Crippen molar-refractivity contribution in [1.29, 1.82) is 0 Å². The van der Waals surface area contributed by atoms with E-state index in [1.807, 2.05) is 32.0 Å². The van der Waals surface area contributed by atoms with Crippen LogP contribution in [0.15, 0.2) is 18.2 Å². The molecule has 0 aromatic heterocycles. The zero-order valence-electron chi connectivity index (χ0n) is 17.1. The molecule has 7 nitrogen and oxygen atoms in total. The molecule has 1 heterocycles. The summed E-state index contributed by atoms with van der Waals surface area (Å²) in [4.78, 5) is 26.6. The molecular formula is C21H29NO6S. The Morgan fingerprint density at radius 3 is 2.28 bits per heavy atom. The van der Waals surface area contributed by atoms with Gasteiger partial charge < -0.3 is 14.4 Å². The number of sulfone groups is 1. The third kappa shape index (κ3) is 5.50. The Bertz CT molecular complexity index is 840. The summed E-state index contributed by atoms with van der Waals surface area (Å²) < 4.78 is 34.5. The number of hydrogen-bond acceptors (Lipinski definition) is 6. The molecule has 0 radical (unpaired) electrons. The minimum atomic E-state index is -3.10. The van der Waals surface area contributed by atoms with Crippen LogP contribution in [0.1, 0.15) is 43.2 Å². The van der Waals surface area contributed by atoms with Crippen LogP contribution in [-0.2, 0) is 24.2 Å². The van der Waals surface area contributed by atoms with E-state index >= 15 is 0 Å². The Kier molecular flexibility index (Phi) is 6.82. The van der Waals surface area contributed by atoms with E-state index in [2.05, 4.69) is 0 Å². The first kappa shape index (κ1) is 21.6. The van der Waals surface area contributed by atoms with Crippen molar-refractivity contribution < 1.29 is 27.5 Å². The molecule has 0 bridgehead atoms. The van der Waals surface area contributed by atoms with Gasteiger partial charge in [0.25, 0.3) is 5.91 Å². The molecule has 29 heavy (non-hydrogen) atoms. The number of amides is 1. The highest BCUT2D eigenvalue weighted by Crippen LogP contribution is 2.29. The second kappa shape index (κ2) is 9.15. The van der Waals surface area contributed by atoms with E-state index in [4.69, 9.17) is 9.47 Å². The molecule has 1 saturated carbocycles. The Labute approximate surface area is 172 Å². The van der Waals surface area contributed by atoms with Gasteiger partial charge in [-0.3, -0.25) is 4.79 Å².